The number of hydrogen-bond acceptors (Lipinski definition) is 5. The van der Waals surface area contributed by atoms with Gasteiger partial charge in [0.25, 0.3) is 0 Å². The second-order valence-electron chi connectivity index (χ2n) is 4.46. The van der Waals surface area contributed by atoms with Gasteiger partial charge in [-0.1, -0.05) is 29.8 Å². The van der Waals surface area contributed by atoms with Crippen LogP contribution in [-0.2, 0) is 6.42 Å². The summed E-state index contributed by atoms with van der Waals surface area (Å²) in [6.07, 6.45) is 2.42. The average molecular weight is 267 g/mol. The summed E-state index contributed by atoms with van der Waals surface area (Å²) in [5, 5.41) is 14.7. The SMILES string of the molecule is Cc1ccc(CCNc2cc(NCC#N)ncn2)cc1. The molecule has 1 heterocycles. The molecule has 5 nitrogen and oxygen atoms in total. The molecule has 102 valence electrons. The van der Waals surface area contributed by atoms with Gasteiger partial charge >= 0.3 is 0 Å². The first kappa shape index (κ1) is 13.8. The van der Waals surface area contributed by atoms with Gasteiger partial charge in [0.1, 0.15) is 24.5 Å². The van der Waals surface area contributed by atoms with E-state index < -0.39 is 0 Å². The van der Waals surface area contributed by atoms with E-state index in [-0.39, 0.29) is 6.54 Å². The van der Waals surface area contributed by atoms with E-state index >= 15 is 0 Å². The molecule has 0 saturated heterocycles. The molecule has 1 aromatic heterocycles. The highest BCUT2D eigenvalue weighted by atomic mass is 15.1. The number of nitrogens with zero attached hydrogens (tertiary/aromatic N) is 3. The Morgan fingerprint density at radius 1 is 1.10 bits per heavy atom. The Balaban J connectivity index is 1.84. The van der Waals surface area contributed by atoms with Crippen LogP contribution in [0.2, 0.25) is 0 Å². The highest BCUT2D eigenvalue weighted by Gasteiger charge is 1.98. The summed E-state index contributed by atoms with van der Waals surface area (Å²) < 4.78 is 0. The Hall–Kier alpha value is -2.61. The van der Waals surface area contributed by atoms with Crippen LogP contribution < -0.4 is 10.6 Å². The van der Waals surface area contributed by atoms with Crippen molar-refractivity contribution in [1.29, 1.82) is 5.26 Å². The van der Waals surface area contributed by atoms with Gasteiger partial charge in [0.05, 0.1) is 6.07 Å². The summed E-state index contributed by atoms with van der Waals surface area (Å²) in [4.78, 5) is 8.19. The van der Waals surface area contributed by atoms with Crippen LogP contribution in [0.1, 0.15) is 11.1 Å². The smallest absolute Gasteiger partial charge is 0.132 e. The molecular weight excluding hydrogens is 250 g/mol. The lowest BCUT2D eigenvalue weighted by molar-refractivity contribution is 0.997. The second-order valence-corrected chi connectivity index (χ2v) is 4.46. The van der Waals surface area contributed by atoms with Crippen molar-refractivity contribution in [2.45, 2.75) is 13.3 Å². The number of anilines is 2. The zero-order chi connectivity index (χ0) is 14.2. The highest BCUT2D eigenvalue weighted by Crippen LogP contribution is 2.09. The van der Waals surface area contributed by atoms with Crippen LogP contribution in [0.3, 0.4) is 0 Å². The Kier molecular flexibility index (Phi) is 4.90. The van der Waals surface area contributed by atoms with Crippen LogP contribution in [-0.4, -0.2) is 23.1 Å². The fourth-order valence-corrected chi connectivity index (χ4v) is 1.77. The van der Waals surface area contributed by atoms with Crippen molar-refractivity contribution in [3.8, 4) is 6.07 Å². The molecule has 0 aliphatic carbocycles. The second kappa shape index (κ2) is 7.10. The van der Waals surface area contributed by atoms with Crippen LogP contribution in [0.25, 0.3) is 0 Å². The molecule has 0 spiro atoms. The van der Waals surface area contributed by atoms with Gasteiger partial charge in [0, 0.05) is 12.6 Å². The first-order valence-corrected chi connectivity index (χ1v) is 6.50. The molecule has 2 N–H and O–H groups in total. The lowest BCUT2D eigenvalue weighted by atomic mass is 10.1. The van der Waals surface area contributed by atoms with Crippen LogP contribution in [0.15, 0.2) is 36.7 Å². The fraction of sp³-hybridized carbons (Fsp3) is 0.267. The molecule has 0 fully saturated rings. The van der Waals surface area contributed by atoms with Crippen molar-refractivity contribution in [1.82, 2.24) is 9.97 Å². The van der Waals surface area contributed by atoms with Crippen molar-refractivity contribution in [2.75, 3.05) is 23.7 Å². The topological polar surface area (TPSA) is 73.6 Å². The maximum Gasteiger partial charge on any atom is 0.132 e. The van der Waals surface area contributed by atoms with E-state index in [0.717, 1.165) is 18.8 Å². The number of benzene rings is 1. The predicted octanol–water partition coefficient (Wildman–Crippen LogP) is 2.38. The van der Waals surface area contributed by atoms with Gasteiger partial charge in [-0.15, -0.1) is 0 Å². The van der Waals surface area contributed by atoms with Crippen LogP contribution in [0, 0.1) is 18.3 Å². The normalized spacial score (nSPS) is 9.80. The summed E-state index contributed by atoms with van der Waals surface area (Å²) in [5.74, 6) is 1.41. The third kappa shape index (κ3) is 4.25. The fourth-order valence-electron chi connectivity index (χ4n) is 1.77. The van der Waals surface area contributed by atoms with Gasteiger partial charge in [0.2, 0.25) is 0 Å². The number of hydrogen-bond donors (Lipinski definition) is 2. The number of rotatable bonds is 6. The molecule has 2 rings (SSSR count). The molecule has 20 heavy (non-hydrogen) atoms. The van der Waals surface area contributed by atoms with Gasteiger partial charge in [-0.05, 0) is 18.9 Å². The Morgan fingerprint density at radius 2 is 1.80 bits per heavy atom. The number of nitrogens with one attached hydrogen (secondary N) is 2. The molecule has 5 heteroatoms. The number of nitriles is 1. The molecule has 0 bridgehead atoms. The van der Waals surface area contributed by atoms with Gasteiger partial charge in [-0.2, -0.15) is 5.26 Å². The molecule has 0 aliphatic heterocycles. The van der Waals surface area contributed by atoms with E-state index in [0.29, 0.717) is 5.82 Å². The average Bonchev–Trinajstić information content (AvgIpc) is 2.48. The maximum absolute atomic E-state index is 8.51. The van der Waals surface area contributed by atoms with Crippen molar-refractivity contribution < 1.29 is 0 Å². The molecule has 0 atom stereocenters. The lowest BCUT2D eigenvalue weighted by Crippen LogP contribution is -2.08. The van der Waals surface area contributed by atoms with Crippen molar-refractivity contribution in [3.05, 3.63) is 47.8 Å². The maximum atomic E-state index is 8.51. The summed E-state index contributed by atoms with van der Waals surface area (Å²) in [7, 11) is 0. The standard InChI is InChI=1S/C15H17N5/c1-12-2-4-13(5-3-12)6-8-17-14-10-15(18-9-7-16)20-11-19-14/h2-5,10-11H,6,8-9H2,1H3,(H2,17,18,19,20). The molecule has 0 radical (unpaired) electrons. The number of aromatic nitrogens is 2. The zero-order valence-corrected chi connectivity index (χ0v) is 11.4. The van der Waals surface area contributed by atoms with Crippen LogP contribution in [0.5, 0.6) is 0 Å². The molecule has 1 aromatic carbocycles. The summed E-state index contributed by atoms with van der Waals surface area (Å²) >= 11 is 0. The minimum Gasteiger partial charge on any atom is -0.370 e. The summed E-state index contributed by atoms with van der Waals surface area (Å²) in [6.45, 7) is 3.12. The minimum atomic E-state index is 0.236. The van der Waals surface area contributed by atoms with Gasteiger partial charge < -0.3 is 10.6 Å². The molecule has 0 aliphatic rings. The van der Waals surface area contributed by atoms with Crippen molar-refractivity contribution in [3.63, 3.8) is 0 Å². The number of aryl methyl sites for hydroxylation is 1. The lowest BCUT2D eigenvalue weighted by Gasteiger charge is -2.07. The minimum absolute atomic E-state index is 0.236. The monoisotopic (exact) mass is 267 g/mol. The van der Waals surface area contributed by atoms with Crippen LogP contribution >= 0.6 is 0 Å². The Labute approximate surface area is 118 Å². The highest BCUT2D eigenvalue weighted by molar-refractivity contribution is 5.46. The summed E-state index contributed by atoms with van der Waals surface area (Å²) in [6, 6.07) is 12.3. The van der Waals surface area contributed by atoms with Crippen LogP contribution in [0.4, 0.5) is 11.6 Å². The third-order valence-electron chi connectivity index (χ3n) is 2.86. The summed E-state index contributed by atoms with van der Waals surface area (Å²) in [5.41, 5.74) is 2.56. The van der Waals surface area contributed by atoms with E-state index in [2.05, 4.69) is 51.8 Å². The first-order valence-electron chi connectivity index (χ1n) is 6.50. The zero-order valence-electron chi connectivity index (χ0n) is 11.4. The quantitative estimate of drug-likeness (QED) is 0.786. The van der Waals surface area contributed by atoms with Crippen molar-refractivity contribution >= 4 is 11.6 Å². The Bertz CT molecular complexity index is 586. The van der Waals surface area contributed by atoms with Gasteiger partial charge in [-0.3, -0.25) is 0 Å². The molecule has 2 aromatic rings. The Morgan fingerprint density at radius 3 is 2.50 bits per heavy atom. The largest absolute Gasteiger partial charge is 0.370 e. The van der Waals surface area contributed by atoms with E-state index in [1.165, 1.54) is 17.5 Å². The van der Waals surface area contributed by atoms with Gasteiger partial charge in [0.15, 0.2) is 0 Å². The van der Waals surface area contributed by atoms with E-state index in [9.17, 15) is 0 Å². The molecule has 0 amide bonds. The predicted molar refractivity (Wildman–Crippen MR) is 79.5 cm³/mol. The first-order chi connectivity index (χ1) is 9.78. The van der Waals surface area contributed by atoms with E-state index in [1.807, 2.05) is 6.07 Å². The molecule has 0 unspecified atom stereocenters. The van der Waals surface area contributed by atoms with E-state index in [4.69, 9.17) is 5.26 Å². The molecular formula is C15H17N5. The third-order valence-corrected chi connectivity index (χ3v) is 2.86. The van der Waals surface area contributed by atoms with Crippen molar-refractivity contribution in [2.24, 2.45) is 0 Å². The molecule has 0 saturated carbocycles. The van der Waals surface area contributed by atoms with Gasteiger partial charge in [-0.25, -0.2) is 9.97 Å². The van der Waals surface area contributed by atoms with E-state index in [1.54, 1.807) is 6.07 Å².